The maximum Gasteiger partial charge on any atom is 0.146 e. The van der Waals surface area contributed by atoms with E-state index in [0.29, 0.717) is 5.82 Å². The summed E-state index contributed by atoms with van der Waals surface area (Å²) in [6, 6.07) is 5.59. The first-order valence-corrected chi connectivity index (χ1v) is 4.56. The van der Waals surface area contributed by atoms with Gasteiger partial charge in [-0.15, -0.1) is 0 Å². The SMILES string of the molecule is Cc1[nH]cnc1/C=N/Nc1ccccn1. The van der Waals surface area contributed by atoms with Crippen LogP contribution in [0.1, 0.15) is 11.4 Å². The van der Waals surface area contributed by atoms with Gasteiger partial charge >= 0.3 is 0 Å². The van der Waals surface area contributed by atoms with E-state index in [4.69, 9.17) is 0 Å². The summed E-state index contributed by atoms with van der Waals surface area (Å²) < 4.78 is 0. The molecule has 0 bridgehead atoms. The average Bonchev–Trinajstić information content (AvgIpc) is 2.66. The molecule has 0 atom stereocenters. The van der Waals surface area contributed by atoms with Gasteiger partial charge in [0.15, 0.2) is 0 Å². The number of aromatic amines is 1. The summed E-state index contributed by atoms with van der Waals surface area (Å²) >= 11 is 0. The van der Waals surface area contributed by atoms with Gasteiger partial charge in [-0.1, -0.05) is 6.07 Å². The van der Waals surface area contributed by atoms with Crippen LogP contribution in [-0.2, 0) is 0 Å². The third-order valence-corrected chi connectivity index (χ3v) is 1.90. The Balaban J connectivity index is 2.00. The molecule has 5 heteroatoms. The first-order chi connectivity index (χ1) is 7.36. The molecule has 76 valence electrons. The third kappa shape index (κ3) is 2.40. The summed E-state index contributed by atoms with van der Waals surface area (Å²) in [4.78, 5) is 11.1. The highest BCUT2D eigenvalue weighted by Crippen LogP contribution is 2.00. The van der Waals surface area contributed by atoms with Crippen LogP contribution in [0.4, 0.5) is 5.82 Å². The zero-order valence-electron chi connectivity index (χ0n) is 8.31. The number of pyridine rings is 1. The third-order valence-electron chi connectivity index (χ3n) is 1.90. The maximum atomic E-state index is 4.08. The Hall–Kier alpha value is -2.17. The van der Waals surface area contributed by atoms with Crippen LogP contribution in [0.15, 0.2) is 35.8 Å². The number of anilines is 1. The van der Waals surface area contributed by atoms with Gasteiger partial charge in [-0.2, -0.15) is 5.10 Å². The Bertz CT molecular complexity index is 446. The largest absolute Gasteiger partial charge is 0.348 e. The molecule has 2 aromatic rings. The van der Waals surface area contributed by atoms with Crippen LogP contribution in [-0.4, -0.2) is 21.2 Å². The summed E-state index contributed by atoms with van der Waals surface area (Å²) in [7, 11) is 0. The molecule has 0 aromatic carbocycles. The zero-order valence-corrected chi connectivity index (χ0v) is 8.31. The van der Waals surface area contributed by atoms with E-state index >= 15 is 0 Å². The lowest BCUT2D eigenvalue weighted by molar-refractivity contribution is 1.22. The molecule has 0 unspecified atom stereocenters. The van der Waals surface area contributed by atoms with Gasteiger partial charge in [-0.05, 0) is 19.1 Å². The molecule has 2 rings (SSSR count). The van der Waals surface area contributed by atoms with Crippen LogP contribution in [0.25, 0.3) is 0 Å². The van der Waals surface area contributed by atoms with Crippen LogP contribution in [0.5, 0.6) is 0 Å². The number of aromatic nitrogens is 3. The molecule has 0 spiro atoms. The number of nitrogens with zero attached hydrogens (tertiary/aromatic N) is 3. The van der Waals surface area contributed by atoms with Gasteiger partial charge in [0, 0.05) is 11.9 Å². The van der Waals surface area contributed by atoms with Crippen molar-refractivity contribution in [3.05, 3.63) is 42.1 Å². The molecule has 0 radical (unpaired) electrons. The minimum absolute atomic E-state index is 0.710. The van der Waals surface area contributed by atoms with Crippen LogP contribution in [0.3, 0.4) is 0 Å². The summed E-state index contributed by atoms with van der Waals surface area (Å²) in [6.45, 7) is 1.94. The first kappa shape index (κ1) is 9.39. The van der Waals surface area contributed by atoms with Crippen molar-refractivity contribution in [3.63, 3.8) is 0 Å². The normalized spacial score (nSPS) is 10.7. The van der Waals surface area contributed by atoms with Gasteiger partial charge in [-0.3, -0.25) is 5.43 Å². The number of imidazole rings is 1. The van der Waals surface area contributed by atoms with E-state index in [9.17, 15) is 0 Å². The number of rotatable bonds is 3. The van der Waals surface area contributed by atoms with Crippen molar-refractivity contribution in [2.75, 3.05) is 5.43 Å². The summed E-state index contributed by atoms with van der Waals surface area (Å²) in [5, 5.41) is 4.02. The van der Waals surface area contributed by atoms with Crippen LogP contribution in [0.2, 0.25) is 0 Å². The highest BCUT2D eigenvalue weighted by Gasteiger charge is 1.95. The Morgan fingerprint density at radius 3 is 3.00 bits per heavy atom. The van der Waals surface area contributed by atoms with Crippen molar-refractivity contribution >= 4 is 12.0 Å². The smallest absolute Gasteiger partial charge is 0.146 e. The summed E-state index contributed by atoms with van der Waals surface area (Å²) in [5.74, 6) is 0.710. The fourth-order valence-electron chi connectivity index (χ4n) is 1.09. The monoisotopic (exact) mass is 201 g/mol. The second-order valence-corrected chi connectivity index (χ2v) is 3.00. The molecule has 15 heavy (non-hydrogen) atoms. The Labute approximate surface area is 87.3 Å². The standard InChI is InChI=1S/C10H11N5/c1-8-9(13-7-12-8)6-14-15-10-4-2-3-5-11-10/h2-7H,1H3,(H,11,15)(H,12,13)/b14-6+. The number of hydrazone groups is 1. The minimum Gasteiger partial charge on any atom is -0.348 e. The van der Waals surface area contributed by atoms with Crippen molar-refractivity contribution in [1.82, 2.24) is 15.0 Å². The Morgan fingerprint density at radius 2 is 2.33 bits per heavy atom. The Morgan fingerprint density at radius 1 is 1.40 bits per heavy atom. The van der Waals surface area contributed by atoms with E-state index in [1.165, 1.54) is 0 Å². The molecule has 2 aromatic heterocycles. The van der Waals surface area contributed by atoms with E-state index in [-0.39, 0.29) is 0 Å². The lowest BCUT2D eigenvalue weighted by Crippen LogP contribution is -1.93. The zero-order chi connectivity index (χ0) is 10.5. The second-order valence-electron chi connectivity index (χ2n) is 3.00. The molecule has 2 heterocycles. The molecule has 0 saturated carbocycles. The van der Waals surface area contributed by atoms with E-state index in [1.54, 1.807) is 18.7 Å². The molecule has 0 aliphatic carbocycles. The summed E-state index contributed by atoms with van der Waals surface area (Å²) in [5.41, 5.74) is 4.62. The van der Waals surface area contributed by atoms with E-state index < -0.39 is 0 Å². The van der Waals surface area contributed by atoms with Crippen molar-refractivity contribution in [2.45, 2.75) is 6.92 Å². The molecular weight excluding hydrogens is 190 g/mol. The molecule has 0 fully saturated rings. The lowest BCUT2D eigenvalue weighted by Gasteiger charge is -1.96. The van der Waals surface area contributed by atoms with Crippen molar-refractivity contribution in [2.24, 2.45) is 5.10 Å². The minimum atomic E-state index is 0.710. The highest BCUT2D eigenvalue weighted by atomic mass is 15.3. The molecule has 2 N–H and O–H groups in total. The molecule has 0 saturated heterocycles. The van der Waals surface area contributed by atoms with Crippen molar-refractivity contribution < 1.29 is 0 Å². The van der Waals surface area contributed by atoms with Gasteiger partial charge in [0.25, 0.3) is 0 Å². The van der Waals surface area contributed by atoms with E-state index in [0.717, 1.165) is 11.4 Å². The molecule has 0 aliphatic rings. The fourth-order valence-corrected chi connectivity index (χ4v) is 1.09. The second kappa shape index (κ2) is 4.36. The number of nitrogens with one attached hydrogen (secondary N) is 2. The molecule has 0 aliphatic heterocycles. The number of hydrogen-bond acceptors (Lipinski definition) is 4. The highest BCUT2D eigenvalue weighted by molar-refractivity contribution is 5.78. The lowest BCUT2D eigenvalue weighted by atomic mass is 10.4. The van der Waals surface area contributed by atoms with Gasteiger partial charge in [0.1, 0.15) is 11.5 Å². The van der Waals surface area contributed by atoms with Crippen molar-refractivity contribution in [3.8, 4) is 0 Å². The average molecular weight is 201 g/mol. The first-order valence-electron chi connectivity index (χ1n) is 4.56. The van der Waals surface area contributed by atoms with Crippen LogP contribution < -0.4 is 5.43 Å². The number of H-pyrrole nitrogens is 1. The van der Waals surface area contributed by atoms with Gasteiger partial charge in [0.2, 0.25) is 0 Å². The maximum absolute atomic E-state index is 4.08. The van der Waals surface area contributed by atoms with Crippen molar-refractivity contribution in [1.29, 1.82) is 0 Å². The van der Waals surface area contributed by atoms with E-state index in [1.807, 2.05) is 25.1 Å². The summed E-state index contributed by atoms with van der Waals surface area (Å²) in [6.07, 6.45) is 5.00. The molecule has 5 nitrogen and oxygen atoms in total. The van der Waals surface area contributed by atoms with Crippen LogP contribution >= 0.6 is 0 Å². The van der Waals surface area contributed by atoms with Crippen LogP contribution in [0, 0.1) is 6.92 Å². The fraction of sp³-hybridized carbons (Fsp3) is 0.100. The van der Waals surface area contributed by atoms with Gasteiger partial charge in [-0.25, -0.2) is 9.97 Å². The molecular formula is C10H11N5. The number of aryl methyl sites for hydroxylation is 1. The topological polar surface area (TPSA) is 66.0 Å². The van der Waals surface area contributed by atoms with Gasteiger partial charge < -0.3 is 4.98 Å². The quantitative estimate of drug-likeness (QED) is 0.585. The molecule has 0 amide bonds. The Kier molecular flexibility index (Phi) is 2.73. The predicted molar refractivity (Wildman–Crippen MR) is 58.8 cm³/mol. The number of hydrogen-bond donors (Lipinski definition) is 2. The predicted octanol–water partition coefficient (Wildman–Crippen LogP) is 1.56. The van der Waals surface area contributed by atoms with Gasteiger partial charge in [0.05, 0.1) is 12.5 Å². The van der Waals surface area contributed by atoms with E-state index in [2.05, 4.69) is 25.5 Å².